The van der Waals surface area contributed by atoms with Crippen molar-refractivity contribution in [3.05, 3.63) is 27.7 Å². The summed E-state index contributed by atoms with van der Waals surface area (Å²) < 4.78 is 5.30. The maximum atomic E-state index is 6.08. The van der Waals surface area contributed by atoms with Gasteiger partial charge in [0.25, 0.3) is 0 Å². The Bertz CT molecular complexity index is 391. The summed E-state index contributed by atoms with van der Waals surface area (Å²) in [6.07, 6.45) is 1.05. The Morgan fingerprint density at radius 2 is 1.94 bits per heavy atom. The second-order valence-corrected chi connectivity index (χ2v) is 5.51. The zero-order valence-electron chi connectivity index (χ0n) is 10.7. The van der Waals surface area contributed by atoms with E-state index >= 15 is 0 Å². The van der Waals surface area contributed by atoms with Gasteiger partial charge in [0.2, 0.25) is 0 Å². The maximum Gasteiger partial charge on any atom is 0.142 e. The predicted molar refractivity (Wildman–Crippen MR) is 74.2 cm³/mol. The number of rotatable bonds is 5. The van der Waals surface area contributed by atoms with Crippen molar-refractivity contribution in [1.82, 2.24) is 5.32 Å². The Balaban J connectivity index is 2.90. The van der Waals surface area contributed by atoms with E-state index < -0.39 is 0 Å². The molecule has 2 nitrogen and oxygen atoms in total. The molecule has 0 saturated heterocycles. The third-order valence-electron chi connectivity index (χ3n) is 2.93. The SMILES string of the molecule is CCC(C)(C)NCc1cc(Cl)cc(Cl)c1OC. The van der Waals surface area contributed by atoms with Crippen molar-refractivity contribution < 1.29 is 4.74 Å². The van der Waals surface area contributed by atoms with Gasteiger partial charge in [-0.3, -0.25) is 0 Å². The molecule has 1 aromatic carbocycles. The van der Waals surface area contributed by atoms with Crippen molar-refractivity contribution in [3.8, 4) is 5.75 Å². The van der Waals surface area contributed by atoms with E-state index in [9.17, 15) is 0 Å². The van der Waals surface area contributed by atoms with Crippen LogP contribution >= 0.6 is 23.2 Å². The van der Waals surface area contributed by atoms with Gasteiger partial charge in [-0.25, -0.2) is 0 Å². The van der Waals surface area contributed by atoms with Crippen molar-refractivity contribution in [1.29, 1.82) is 0 Å². The third kappa shape index (κ3) is 4.06. The van der Waals surface area contributed by atoms with Crippen LogP contribution in [0.1, 0.15) is 32.8 Å². The minimum absolute atomic E-state index is 0.0831. The fraction of sp³-hybridized carbons (Fsp3) is 0.538. The highest BCUT2D eigenvalue weighted by Crippen LogP contribution is 2.32. The minimum Gasteiger partial charge on any atom is -0.495 e. The van der Waals surface area contributed by atoms with Gasteiger partial charge in [0.15, 0.2) is 0 Å². The molecule has 0 radical (unpaired) electrons. The number of hydrogen-bond acceptors (Lipinski definition) is 2. The molecule has 0 amide bonds. The number of nitrogens with one attached hydrogen (secondary N) is 1. The van der Waals surface area contributed by atoms with Gasteiger partial charge in [0.1, 0.15) is 5.75 Å². The van der Waals surface area contributed by atoms with Gasteiger partial charge in [-0.15, -0.1) is 0 Å². The van der Waals surface area contributed by atoms with Crippen molar-refractivity contribution in [2.24, 2.45) is 0 Å². The smallest absolute Gasteiger partial charge is 0.142 e. The number of halogens is 2. The molecule has 0 aliphatic carbocycles. The summed E-state index contributed by atoms with van der Waals surface area (Å²) in [7, 11) is 1.61. The van der Waals surface area contributed by atoms with E-state index in [4.69, 9.17) is 27.9 Å². The average Bonchev–Trinajstić information content (AvgIpc) is 2.26. The van der Waals surface area contributed by atoms with Crippen LogP contribution in [0.25, 0.3) is 0 Å². The molecule has 4 heteroatoms. The Hall–Kier alpha value is -0.440. The molecule has 0 unspecified atom stereocenters. The monoisotopic (exact) mass is 275 g/mol. The van der Waals surface area contributed by atoms with E-state index in [1.165, 1.54) is 0 Å². The zero-order chi connectivity index (χ0) is 13.1. The first-order chi connectivity index (χ1) is 7.89. The van der Waals surface area contributed by atoms with Crippen molar-refractivity contribution in [2.45, 2.75) is 39.3 Å². The average molecular weight is 276 g/mol. The van der Waals surface area contributed by atoms with Gasteiger partial charge in [0, 0.05) is 22.7 Å². The summed E-state index contributed by atoms with van der Waals surface area (Å²) in [6, 6.07) is 3.57. The summed E-state index contributed by atoms with van der Waals surface area (Å²) in [4.78, 5) is 0. The molecule has 0 fully saturated rings. The van der Waals surface area contributed by atoms with Gasteiger partial charge in [0.05, 0.1) is 12.1 Å². The number of methoxy groups -OCH3 is 1. The fourth-order valence-corrected chi connectivity index (χ4v) is 2.05. The van der Waals surface area contributed by atoms with E-state index in [2.05, 4.69) is 26.1 Å². The molecule has 0 saturated carbocycles. The van der Waals surface area contributed by atoms with Gasteiger partial charge in [-0.05, 0) is 32.4 Å². The molecule has 0 spiro atoms. The van der Waals surface area contributed by atoms with Gasteiger partial charge >= 0.3 is 0 Å². The molecule has 0 aliphatic rings. The van der Waals surface area contributed by atoms with Crippen LogP contribution in [0.15, 0.2) is 12.1 Å². The van der Waals surface area contributed by atoms with E-state index in [0.29, 0.717) is 22.3 Å². The van der Waals surface area contributed by atoms with Crippen LogP contribution in [0.3, 0.4) is 0 Å². The van der Waals surface area contributed by atoms with E-state index in [1.807, 2.05) is 6.07 Å². The van der Waals surface area contributed by atoms with Crippen LogP contribution in [0.5, 0.6) is 5.75 Å². The van der Waals surface area contributed by atoms with Gasteiger partial charge in [-0.1, -0.05) is 30.1 Å². The summed E-state index contributed by atoms with van der Waals surface area (Å²) >= 11 is 12.1. The summed E-state index contributed by atoms with van der Waals surface area (Å²) in [5.41, 5.74) is 1.06. The highest BCUT2D eigenvalue weighted by molar-refractivity contribution is 6.35. The molecule has 17 heavy (non-hydrogen) atoms. The molecule has 0 aliphatic heterocycles. The van der Waals surface area contributed by atoms with Crippen molar-refractivity contribution >= 4 is 23.2 Å². The van der Waals surface area contributed by atoms with E-state index in [1.54, 1.807) is 13.2 Å². The first kappa shape index (κ1) is 14.6. The first-order valence-corrected chi connectivity index (χ1v) is 6.42. The Labute approximate surface area is 113 Å². The highest BCUT2D eigenvalue weighted by Gasteiger charge is 2.16. The molecule has 0 heterocycles. The normalized spacial score (nSPS) is 11.6. The zero-order valence-corrected chi connectivity index (χ0v) is 12.2. The van der Waals surface area contributed by atoms with Gasteiger partial charge in [-0.2, -0.15) is 0 Å². The fourth-order valence-electron chi connectivity index (χ4n) is 1.43. The number of ether oxygens (including phenoxy) is 1. The summed E-state index contributed by atoms with van der Waals surface area (Å²) in [6.45, 7) is 7.15. The van der Waals surface area contributed by atoms with Crippen LogP contribution in [0.2, 0.25) is 10.0 Å². The third-order valence-corrected chi connectivity index (χ3v) is 3.43. The number of benzene rings is 1. The first-order valence-electron chi connectivity index (χ1n) is 5.66. The topological polar surface area (TPSA) is 21.3 Å². The minimum atomic E-state index is 0.0831. The molecule has 1 aromatic rings. The second kappa shape index (κ2) is 5.94. The molecular weight excluding hydrogens is 257 g/mol. The Kier molecular flexibility index (Phi) is 5.11. The van der Waals surface area contributed by atoms with Crippen LogP contribution in [0, 0.1) is 0 Å². The second-order valence-electron chi connectivity index (χ2n) is 4.67. The van der Waals surface area contributed by atoms with E-state index in [0.717, 1.165) is 12.0 Å². The largest absolute Gasteiger partial charge is 0.495 e. The van der Waals surface area contributed by atoms with Crippen LogP contribution in [0.4, 0.5) is 0 Å². The molecule has 1 rings (SSSR count). The van der Waals surface area contributed by atoms with Crippen molar-refractivity contribution in [3.63, 3.8) is 0 Å². The van der Waals surface area contributed by atoms with Crippen LogP contribution < -0.4 is 10.1 Å². The molecule has 96 valence electrons. The molecular formula is C13H19Cl2NO. The number of hydrogen-bond donors (Lipinski definition) is 1. The van der Waals surface area contributed by atoms with Crippen molar-refractivity contribution in [2.75, 3.05) is 7.11 Å². The highest BCUT2D eigenvalue weighted by atomic mass is 35.5. The van der Waals surface area contributed by atoms with E-state index in [-0.39, 0.29) is 5.54 Å². The lowest BCUT2D eigenvalue weighted by atomic mass is 10.0. The van der Waals surface area contributed by atoms with Crippen LogP contribution in [-0.4, -0.2) is 12.6 Å². The predicted octanol–water partition coefficient (Wildman–Crippen LogP) is 4.28. The molecule has 1 N–H and O–H groups in total. The van der Waals surface area contributed by atoms with Gasteiger partial charge < -0.3 is 10.1 Å². The van der Waals surface area contributed by atoms with Crippen LogP contribution in [-0.2, 0) is 6.54 Å². The molecule has 0 bridgehead atoms. The Morgan fingerprint density at radius 3 is 2.47 bits per heavy atom. The lowest BCUT2D eigenvalue weighted by molar-refractivity contribution is 0.364. The maximum absolute atomic E-state index is 6.08. The quantitative estimate of drug-likeness (QED) is 0.866. The standard InChI is InChI=1S/C13H19Cl2NO/c1-5-13(2,3)16-8-9-6-10(14)7-11(15)12(9)17-4/h6-7,16H,5,8H2,1-4H3. The summed E-state index contributed by atoms with van der Waals surface area (Å²) in [5.74, 6) is 0.690. The summed E-state index contributed by atoms with van der Waals surface area (Å²) in [5, 5.41) is 4.63. The molecule has 0 aromatic heterocycles. The Morgan fingerprint density at radius 1 is 1.29 bits per heavy atom. The lowest BCUT2D eigenvalue weighted by Gasteiger charge is -2.25. The lowest BCUT2D eigenvalue weighted by Crippen LogP contribution is -2.37. The molecule has 0 atom stereocenters.